The van der Waals surface area contributed by atoms with E-state index in [9.17, 15) is 9.90 Å². The summed E-state index contributed by atoms with van der Waals surface area (Å²) in [5.74, 6) is 0.941. The highest BCUT2D eigenvalue weighted by Crippen LogP contribution is 2.38. The quantitative estimate of drug-likeness (QED) is 0.469. The number of carbonyl (C=O) groups excluding carboxylic acids is 1. The first-order chi connectivity index (χ1) is 14.8. The molecular weight excluding hydrogens is 392 g/mol. The Labute approximate surface area is 183 Å². The number of ether oxygens (including phenoxy) is 1. The molecule has 7 N–H and O–H groups in total. The molecule has 1 aliphatic rings. The van der Waals surface area contributed by atoms with Crippen LogP contribution in [0.5, 0.6) is 5.75 Å². The predicted molar refractivity (Wildman–Crippen MR) is 127 cm³/mol. The minimum absolute atomic E-state index is 0.144. The highest BCUT2D eigenvalue weighted by molar-refractivity contribution is 5.90. The number of rotatable bonds is 5. The molecule has 2 aromatic rings. The number of hydrogen-bond donors (Lipinski definition) is 5. The van der Waals surface area contributed by atoms with Crippen LogP contribution in [0.25, 0.3) is 17.3 Å². The zero-order valence-corrected chi connectivity index (χ0v) is 18.2. The topological polar surface area (TPSA) is 126 Å². The van der Waals surface area contributed by atoms with E-state index in [1.807, 2.05) is 19.1 Å². The molecule has 1 aromatic carbocycles. The van der Waals surface area contributed by atoms with Crippen molar-refractivity contribution in [2.75, 3.05) is 26.0 Å². The number of nitrogens with one attached hydrogen (secondary N) is 2. The fourth-order valence-corrected chi connectivity index (χ4v) is 3.51. The van der Waals surface area contributed by atoms with Gasteiger partial charge in [-0.2, -0.15) is 0 Å². The second-order valence-corrected chi connectivity index (χ2v) is 7.34. The van der Waals surface area contributed by atoms with Gasteiger partial charge in [0, 0.05) is 54.3 Å². The van der Waals surface area contributed by atoms with Crippen LogP contribution in [-0.2, 0) is 9.53 Å². The van der Waals surface area contributed by atoms with Crippen molar-refractivity contribution in [1.82, 2.24) is 10.3 Å². The molecule has 0 unspecified atom stereocenters. The van der Waals surface area contributed by atoms with Crippen LogP contribution in [0, 0.1) is 0 Å². The van der Waals surface area contributed by atoms with Gasteiger partial charge in [0.1, 0.15) is 11.6 Å². The largest absolute Gasteiger partial charge is 0.507 e. The molecule has 1 aliphatic heterocycles. The summed E-state index contributed by atoms with van der Waals surface area (Å²) in [5, 5.41) is 12.4. The van der Waals surface area contributed by atoms with Gasteiger partial charge in [0.25, 0.3) is 0 Å². The number of benzene rings is 1. The fourth-order valence-electron chi connectivity index (χ4n) is 3.51. The number of aromatic hydroxyl groups is 1. The van der Waals surface area contributed by atoms with E-state index in [0.717, 1.165) is 48.4 Å². The molecule has 0 radical (unpaired) electrons. The van der Waals surface area contributed by atoms with Crippen molar-refractivity contribution in [3.05, 3.63) is 65.9 Å². The molecule has 2 heterocycles. The van der Waals surface area contributed by atoms with Crippen molar-refractivity contribution < 1.29 is 14.6 Å². The van der Waals surface area contributed by atoms with Gasteiger partial charge in [-0.25, -0.2) is 0 Å². The third-order valence-electron chi connectivity index (χ3n) is 5.10. The van der Waals surface area contributed by atoms with Gasteiger partial charge >= 0.3 is 0 Å². The van der Waals surface area contributed by atoms with Crippen LogP contribution in [0.1, 0.15) is 48.1 Å². The molecule has 1 saturated heterocycles. The number of carbonyl (C=O) groups is 1. The van der Waals surface area contributed by atoms with E-state index >= 15 is 0 Å². The van der Waals surface area contributed by atoms with Gasteiger partial charge in [0.15, 0.2) is 0 Å². The number of allylic oxidation sites excluding steroid dienone is 1. The Morgan fingerprint density at radius 3 is 2.48 bits per heavy atom. The van der Waals surface area contributed by atoms with Gasteiger partial charge in [-0.1, -0.05) is 25.3 Å². The molecule has 0 aliphatic carbocycles. The standard InChI is InChI=1S/C20H25N3O2.C4H7NO/c1-12(2)18-15(11-16(21)14-5-3-4-6-17(14)24)20(22)23-19(18)13-7-9-25-10-8-13;1-3-4(6)5-2/h3-6,11,13,23-24H,1,7-10,21-22H2,2H3;3H,1H2,2H3,(H,5,6)/b16-11-;. The average Bonchev–Trinajstić information content (AvgIpc) is 3.10. The van der Waals surface area contributed by atoms with E-state index in [-0.39, 0.29) is 11.7 Å². The number of anilines is 1. The molecule has 1 amide bonds. The highest BCUT2D eigenvalue weighted by atomic mass is 16.5. The van der Waals surface area contributed by atoms with E-state index in [2.05, 4.69) is 23.5 Å². The number of aromatic amines is 1. The number of phenols is 1. The maximum absolute atomic E-state index is 10.0. The fraction of sp³-hybridized carbons (Fsp3) is 0.292. The van der Waals surface area contributed by atoms with Crippen LogP contribution in [0.2, 0.25) is 0 Å². The smallest absolute Gasteiger partial charge is 0.243 e. The number of nitrogen functional groups attached to an aromatic ring is 1. The number of phenolic OH excluding ortho intramolecular Hbond substituents is 1. The maximum atomic E-state index is 10.0. The number of H-pyrrole nitrogens is 1. The van der Waals surface area contributed by atoms with Crippen molar-refractivity contribution in [2.24, 2.45) is 5.73 Å². The molecule has 1 fully saturated rings. The van der Waals surface area contributed by atoms with Crippen LogP contribution >= 0.6 is 0 Å². The molecule has 7 heteroatoms. The molecule has 3 rings (SSSR count). The van der Waals surface area contributed by atoms with Crippen molar-refractivity contribution >= 4 is 29.1 Å². The van der Waals surface area contributed by atoms with Crippen molar-refractivity contribution in [3.8, 4) is 5.75 Å². The number of hydrogen-bond acceptors (Lipinski definition) is 5. The van der Waals surface area contributed by atoms with Gasteiger partial charge < -0.3 is 31.6 Å². The third kappa shape index (κ3) is 6.02. The number of likely N-dealkylation sites (N-methyl/N-ethyl adjacent to an activating group) is 1. The lowest BCUT2D eigenvalue weighted by molar-refractivity contribution is -0.116. The summed E-state index contributed by atoms with van der Waals surface area (Å²) in [6, 6.07) is 7.00. The summed E-state index contributed by atoms with van der Waals surface area (Å²) in [7, 11) is 1.56. The molecule has 0 spiro atoms. The minimum Gasteiger partial charge on any atom is -0.507 e. The highest BCUT2D eigenvalue weighted by Gasteiger charge is 2.24. The average molecular weight is 425 g/mol. The van der Waals surface area contributed by atoms with Gasteiger partial charge in [0.05, 0.1) is 0 Å². The lowest BCUT2D eigenvalue weighted by Gasteiger charge is -2.22. The Morgan fingerprint density at radius 2 is 1.97 bits per heavy atom. The minimum atomic E-state index is -0.144. The van der Waals surface area contributed by atoms with Gasteiger partial charge in [-0.3, -0.25) is 4.79 Å². The van der Waals surface area contributed by atoms with Crippen molar-refractivity contribution in [1.29, 1.82) is 0 Å². The molecule has 1 aromatic heterocycles. The summed E-state index contributed by atoms with van der Waals surface area (Å²) in [4.78, 5) is 13.3. The monoisotopic (exact) mass is 424 g/mol. The SMILES string of the molecule is C=C(C)c1c(C2CCOCC2)[nH]c(N)c1/C=C(\N)c1ccccc1O.C=CC(=O)NC. The summed E-state index contributed by atoms with van der Waals surface area (Å²) >= 11 is 0. The van der Waals surface area contributed by atoms with Gasteiger partial charge in [0.2, 0.25) is 5.91 Å². The molecule has 0 saturated carbocycles. The van der Waals surface area contributed by atoms with E-state index < -0.39 is 0 Å². The van der Waals surface area contributed by atoms with Crippen LogP contribution in [0.4, 0.5) is 5.82 Å². The van der Waals surface area contributed by atoms with Crippen molar-refractivity contribution in [2.45, 2.75) is 25.7 Å². The Hall–Kier alpha value is -3.45. The maximum Gasteiger partial charge on any atom is 0.243 e. The lowest BCUT2D eigenvalue weighted by atomic mass is 9.90. The van der Waals surface area contributed by atoms with E-state index in [1.165, 1.54) is 6.08 Å². The number of para-hydroxylation sites is 1. The summed E-state index contributed by atoms with van der Waals surface area (Å²) in [6.07, 6.45) is 4.95. The van der Waals surface area contributed by atoms with E-state index in [0.29, 0.717) is 23.0 Å². The van der Waals surface area contributed by atoms with Gasteiger partial charge in [-0.05, 0) is 49.6 Å². The zero-order valence-electron chi connectivity index (χ0n) is 18.2. The lowest BCUT2D eigenvalue weighted by Crippen LogP contribution is -2.15. The van der Waals surface area contributed by atoms with Crippen LogP contribution in [0.3, 0.4) is 0 Å². The molecular formula is C24H32N4O3. The predicted octanol–water partition coefficient (Wildman–Crippen LogP) is 3.60. The normalized spacial score (nSPS) is 14.3. The van der Waals surface area contributed by atoms with Crippen LogP contribution in [-0.4, -0.2) is 36.3 Å². The molecule has 0 bridgehead atoms. The summed E-state index contributed by atoms with van der Waals surface area (Å²) < 4.78 is 5.47. The van der Waals surface area contributed by atoms with E-state index in [4.69, 9.17) is 16.2 Å². The Balaban J connectivity index is 0.000000501. The molecule has 7 nitrogen and oxygen atoms in total. The first-order valence-electron chi connectivity index (χ1n) is 10.1. The van der Waals surface area contributed by atoms with E-state index in [1.54, 1.807) is 25.2 Å². The van der Waals surface area contributed by atoms with Gasteiger partial charge in [-0.15, -0.1) is 0 Å². The Kier molecular flexibility index (Phi) is 8.52. The Bertz CT molecular complexity index is 969. The second kappa shape index (κ2) is 11.1. The summed E-state index contributed by atoms with van der Waals surface area (Å²) in [5.41, 5.74) is 17.4. The third-order valence-corrected chi connectivity index (χ3v) is 5.10. The van der Waals surface area contributed by atoms with Crippen LogP contribution < -0.4 is 16.8 Å². The number of nitrogens with two attached hydrogens (primary N) is 2. The van der Waals surface area contributed by atoms with Crippen LogP contribution in [0.15, 0.2) is 43.5 Å². The van der Waals surface area contributed by atoms with Crippen molar-refractivity contribution in [3.63, 3.8) is 0 Å². The molecule has 31 heavy (non-hydrogen) atoms. The first-order valence-corrected chi connectivity index (χ1v) is 10.1. The molecule has 0 atom stereocenters. The number of amides is 1. The molecule has 166 valence electrons. The second-order valence-electron chi connectivity index (χ2n) is 7.34. The Morgan fingerprint density at radius 1 is 1.32 bits per heavy atom. The summed E-state index contributed by atoms with van der Waals surface area (Å²) in [6.45, 7) is 10.8. The first kappa shape index (κ1) is 23.8. The number of aromatic nitrogens is 1. The zero-order chi connectivity index (χ0) is 23.0.